The number of hydrogen-bond acceptors (Lipinski definition) is 2. The quantitative estimate of drug-likeness (QED) is 0.599. The standard InChI is InChI=1S/C15H12BrCl2N3/c1-9-6-10(16)14(7-11(9)18)21-13-3-5-19-8-12(13)20-15(21)2-4-17/h3,5-8H,2,4H2,1H3. The zero-order valence-corrected chi connectivity index (χ0v) is 14.4. The molecule has 2 heterocycles. The number of pyridine rings is 1. The average Bonchev–Trinajstić information content (AvgIpc) is 2.81. The Kier molecular flexibility index (Phi) is 4.20. The summed E-state index contributed by atoms with van der Waals surface area (Å²) in [6, 6.07) is 5.90. The minimum absolute atomic E-state index is 0.508. The number of benzene rings is 1. The van der Waals surface area contributed by atoms with E-state index in [1.165, 1.54) is 0 Å². The molecular weight excluding hydrogens is 373 g/mol. The molecule has 0 aliphatic rings. The second-order valence-electron chi connectivity index (χ2n) is 4.72. The molecule has 0 bridgehead atoms. The van der Waals surface area contributed by atoms with Gasteiger partial charge in [0.05, 0.1) is 17.4 Å². The molecule has 0 aliphatic heterocycles. The van der Waals surface area contributed by atoms with Gasteiger partial charge >= 0.3 is 0 Å². The monoisotopic (exact) mass is 383 g/mol. The number of rotatable bonds is 3. The van der Waals surface area contributed by atoms with Crippen LogP contribution < -0.4 is 0 Å². The van der Waals surface area contributed by atoms with Gasteiger partial charge in [-0.15, -0.1) is 11.6 Å². The van der Waals surface area contributed by atoms with Crippen molar-refractivity contribution in [1.82, 2.24) is 14.5 Å². The van der Waals surface area contributed by atoms with E-state index in [0.717, 1.165) is 37.6 Å². The van der Waals surface area contributed by atoms with E-state index in [0.29, 0.717) is 12.3 Å². The van der Waals surface area contributed by atoms with Crippen molar-refractivity contribution in [1.29, 1.82) is 0 Å². The van der Waals surface area contributed by atoms with Crippen LogP contribution in [0.25, 0.3) is 16.7 Å². The normalized spacial score (nSPS) is 11.2. The Balaban J connectivity index is 2.32. The summed E-state index contributed by atoms with van der Waals surface area (Å²) >= 11 is 15.8. The molecule has 3 nitrogen and oxygen atoms in total. The van der Waals surface area contributed by atoms with E-state index in [-0.39, 0.29) is 0 Å². The fourth-order valence-corrected chi connectivity index (χ4v) is 3.27. The molecular formula is C15H12BrCl2N3. The highest BCUT2D eigenvalue weighted by atomic mass is 79.9. The maximum Gasteiger partial charge on any atom is 0.115 e. The summed E-state index contributed by atoms with van der Waals surface area (Å²) in [6.07, 6.45) is 4.19. The van der Waals surface area contributed by atoms with Crippen molar-refractivity contribution in [2.75, 3.05) is 5.88 Å². The number of halogens is 3. The maximum absolute atomic E-state index is 6.29. The van der Waals surface area contributed by atoms with E-state index < -0.39 is 0 Å². The summed E-state index contributed by atoms with van der Waals surface area (Å²) < 4.78 is 3.05. The first kappa shape index (κ1) is 14.8. The van der Waals surface area contributed by atoms with Gasteiger partial charge in [0, 0.05) is 28.0 Å². The fraction of sp³-hybridized carbons (Fsp3) is 0.200. The Bertz CT molecular complexity index is 814. The third kappa shape index (κ3) is 2.68. The Morgan fingerprint density at radius 3 is 2.90 bits per heavy atom. The van der Waals surface area contributed by atoms with Crippen molar-refractivity contribution in [2.45, 2.75) is 13.3 Å². The summed E-state index contributed by atoms with van der Waals surface area (Å²) in [5.41, 5.74) is 3.82. The lowest BCUT2D eigenvalue weighted by molar-refractivity contribution is 0.909. The van der Waals surface area contributed by atoms with E-state index >= 15 is 0 Å². The van der Waals surface area contributed by atoms with E-state index in [2.05, 4.69) is 30.5 Å². The first-order chi connectivity index (χ1) is 10.1. The van der Waals surface area contributed by atoms with E-state index in [1.807, 2.05) is 25.1 Å². The number of fused-ring (bicyclic) bond motifs is 1. The maximum atomic E-state index is 6.29. The van der Waals surface area contributed by atoms with Gasteiger partial charge in [-0.3, -0.25) is 9.55 Å². The van der Waals surface area contributed by atoms with Gasteiger partial charge < -0.3 is 0 Å². The van der Waals surface area contributed by atoms with E-state index in [9.17, 15) is 0 Å². The van der Waals surface area contributed by atoms with Crippen LogP contribution >= 0.6 is 39.1 Å². The third-order valence-electron chi connectivity index (χ3n) is 3.31. The predicted octanol–water partition coefficient (Wildman–Crippen LogP) is 4.93. The van der Waals surface area contributed by atoms with Crippen molar-refractivity contribution in [3.63, 3.8) is 0 Å². The zero-order valence-electron chi connectivity index (χ0n) is 11.3. The second kappa shape index (κ2) is 5.95. The van der Waals surface area contributed by atoms with Gasteiger partial charge in [-0.05, 0) is 46.6 Å². The molecule has 21 heavy (non-hydrogen) atoms. The van der Waals surface area contributed by atoms with Gasteiger partial charge in [-0.1, -0.05) is 11.6 Å². The molecule has 0 fully saturated rings. The van der Waals surface area contributed by atoms with Crippen molar-refractivity contribution in [2.24, 2.45) is 0 Å². The molecule has 3 aromatic rings. The second-order valence-corrected chi connectivity index (χ2v) is 6.36. The first-order valence-corrected chi connectivity index (χ1v) is 8.15. The Morgan fingerprint density at radius 2 is 2.14 bits per heavy atom. The van der Waals surface area contributed by atoms with Crippen LogP contribution in [0.4, 0.5) is 0 Å². The highest BCUT2D eigenvalue weighted by Gasteiger charge is 2.15. The average molecular weight is 385 g/mol. The highest BCUT2D eigenvalue weighted by molar-refractivity contribution is 9.10. The molecule has 0 spiro atoms. The van der Waals surface area contributed by atoms with Crippen molar-refractivity contribution >= 4 is 50.2 Å². The lowest BCUT2D eigenvalue weighted by Gasteiger charge is -2.12. The SMILES string of the molecule is Cc1cc(Br)c(-n2c(CCCl)nc3cnccc32)cc1Cl. The number of hydrogen-bond donors (Lipinski definition) is 0. The molecule has 1 aromatic carbocycles. The van der Waals surface area contributed by atoms with E-state index in [4.69, 9.17) is 23.2 Å². The molecule has 0 radical (unpaired) electrons. The van der Waals surface area contributed by atoms with Crippen molar-refractivity contribution in [3.8, 4) is 5.69 Å². The number of imidazole rings is 1. The first-order valence-electron chi connectivity index (χ1n) is 6.45. The van der Waals surface area contributed by atoms with Crippen LogP contribution in [0.15, 0.2) is 35.1 Å². The van der Waals surface area contributed by atoms with Gasteiger partial charge in [0.25, 0.3) is 0 Å². The number of aryl methyl sites for hydroxylation is 2. The predicted molar refractivity (Wildman–Crippen MR) is 90.7 cm³/mol. The van der Waals surface area contributed by atoms with Crippen molar-refractivity contribution < 1.29 is 0 Å². The molecule has 0 aliphatic carbocycles. The Labute approximate surface area is 141 Å². The zero-order chi connectivity index (χ0) is 15.0. The van der Waals surface area contributed by atoms with E-state index in [1.54, 1.807) is 12.4 Å². The van der Waals surface area contributed by atoms with Crippen LogP contribution in [-0.2, 0) is 6.42 Å². The van der Waals surface area contributed by atoms with Gasteiger partial charge in [0.1, 0.15) is 11.3 Å². The molecule has 0 unspecified atom stereocenters. The minimum atomic E-state index is 0.508. The topological polar surface area (TPSA) is 30.7 Å². The summed E-state index contributed by atoms with van der Waals surface area (Å²) in [5.74, 6) is 1.40. The molecule has 0 saturated heterocycles. The highest BCUT2D eigenvalue weighted by Crippen LogP contribution is 2.31. The molecule has 108 valence electrons. The molecule has 0 saturated carbocycles. The molecule has 2 aromatic heterocycles. The van der Waals surface area contributed by atoms with Crippen molar-refractivity contribution in [3.05, 3.63) is 51.5 Å². The van der Waals surface area contributed by atoms with Gasteiger partial charge in [-0.25, -0.2) is 4.98 Å². The number of nitrogens with zero attached hydrogens (tertiary/aromatic N) is 3. The minimum Gasteiger partial charge on any atom is -0.295 e. The van der Waals surface area contributed by atoms with Crippen LogP contribution in [0.1, 0.15) is 11.4 Å². The summed E-state index contributed by atoms with van der Waals surface area (Å²) in [7, 11) is 0. The van der Waals surface area contributed by atoms with Crippen LogP contribution in [0.3, 0.4) is 0 Å². The van der Waals surface area contributed by atoms with Crippen LogP contribution in [-0.4, -0.2) is 20.4 Å². The van der Waals surface area contributed by atoms with Crippen LogP contribution in [0.5, 0.6) is 0 Å². The smallest absolute Gasteiger partial charge is 0.115 e. The van der Waals surface area contributed by atoms with Crippen LogP contribution in [0.2, 0.25) is 5.02 Å². The third-order valence-corrected chi connectivity index (χ3v) is 4.54. The Hall–Kier alpha value is -1.10. The van der Waals surface area contributed by atoms with Gasteiger partial charge in [0.15, 0.2) is 0 Å². The molecule has 0 N–H and O–H groups in total. The number of alkyl halides is 1. The molecule has 6 heteroatoms. The largest absolute Gasteiger partial charge is 0.295 e. The molecule has 0 amide bonds. The van der Waals surface area contributed by atoms with Gasteiger partial charge in [0.2, 0.25) is 0 Å². The number of aromatic nitrogens is 3. The summed E-state index contributed by atoms with van der Waals surface area (Å²) in [4.78, 5) is 8.75. The summed E-state index contributed by atoms with van der Waals surface area (Å²) in [5, 5.41) is 0.723. The Morgan fingerprint density at radius 1 is 1.33 bits per heavy atom. The molecule has 3 rings (SSSR count). The lowest BCUT2D eigenvalue weighted by atomic mass is 10.2. The van der Waals surface area contributed by atoms with Crippen LogP contribution in [0, 0.1) is 6.92 Å². The summed E-state index contributed by atoms with van der Waals surface area (Å²) in [6.45, 7) is 1.98. The lowest BCUT2D eigenvalue weighted by Crippen LogP contribution is -2.03. The van der Waals surface area contributed by atoms with Gasteiger partial charge in [-0.2, -0.15) is 0 Å². The fourth-order valence-electron chi connectivity index (χ4n) is 2.31. The molecule has 0 atom stereocenters.